The lowest BCUT2D eigenvalue weighted by molar-refractivity contribution is -0.302. The van der Waals surface area contributed by atoms with Crippen molar-refractivity contribution in [1.82, 2.24) is 5.32 Å². The molecule has 1 amide bonds. The second-order valence-corrected chi connectivity index (χ2v) is 24.6. The molecule has 7 unspecified atom stereocenters. The van der Waals surface area contributed by atoms with Crippen molar-refractivity contribution < 1.29 is 49.3 Å². The standard InChI is InChI=1S/C72H133NO10/c1-3-5-7-9-11-13-15-40-44-48-52-56-60-68(77)81-61-57-53-49-45-41-38-36-34-32-30-28-26-24-22-20-18-16-17-19-21-23-25-27-29-31-33-35-37-39-43-47-51-55-59-67(76)73-64(63-82-72-71(80)70(79)69(78)66(62-74)83-72)65(75)58-54-50-46-42-14-12-10-8-6-4-2/h11,13,20,22,26,28,54,58,64-66,69-72,74-75,78-80H,3-10,12,14-19,21,23-25,27,29-53,55-57,59-63H2,1-2H3,(H,73,76)/b13-11-,22-20-,28-26-,58-54+. The summed E-state index contributed by atoms with van der Waals surface area (Å²) in [5.41, 5.74) is 0. The van der Waals surface area contributed by atoms with E-state index in [9.17, 15) is 35.1 Å². The van der Waals surface area contributed by atoms with E-state index >= 15 is 0 Å². The van der Waals surface area contributed by atoms with E-state index in [0.29, 0.717) is 19.4 Å². The molecule has 11 nitrogen and oxygen atoms in total. The number of rotatable bonds is 62. The highest BCUT2D eigenvalue weighted by molar-refractivity contribution is 5.76. The van der Waals surface area contributed by atoms with Gasteiger partial charge in [-0.1, -0.05) is 281 Å². The van der Waals surface area contributed by atoms with Crippen LogP contribution in [0, 0.1) is 0 Å². The summed E-state index contributed by atoms with van der Waals surface area (Å²) in [6.45, 7) is 4.32. The van der Waals surface area contributed by atoms with Gasteiger partial charge >= 0.3 is 5.97 Å². The van der Waals surface area contributed by atoms with Crippen molar-refractivity contribution in [1.29, 1.82) is 0 Å². The summed E-state index contributed by atoms with van der Waals surface area (Å²) in [5.74, 6) is -0.184. The Bertz CT molecular complexity index is 1520. The van der Waals surface area contributed by atoms with Gasteiger partial charge in [-0.15, -0.1) is 0 Å². The van der Waals surface area contributed by atoms with Crippen LogP contribution in [0.5, 0.6) is 0 Å². The van der Waals surface area contributed by atoms with Crippen molar-refractivity contribution in [3.8, 4) is 0 Å². The van der Waals surface area contributed by atoms with E-state index in [2.05, 4.69) is 55.6 Å². The molecule has 0 radical (unpaired) electrons. The SMILES string of the molecule is CCCCC/C=C\CCCCCCCC(=O)OCCCCCCCCCCC/C=C\C/C=C\CCCCCCCCCCCCCCCCCCCC(=O)NC(COC1OC(CO)C(O)C(O)C1O)C(O)/C=C/CCCCCCCCCC. The maximum absolute atomic E-state index is 13.0. The predicted molar refractivity (Wildman–Crippen MR) is 347 cm³/mol. The van der Waals surface area contributed by atoms with Crippen LogP contribution in [0.3, 0.4) is 0 Å². The Morgan fingerprint density at radius 2 is 0.807 bits per heavy atom. The molecule has 1 rings (SSSR count). The molecule has 0 bridgehead atoms. The van der Waals surface area contributed by atoms with E-state index in [-0.39, 0.29) is 18.5 Å². The fourth-order valence-electron chi connectivity index (χ4n) is 11.0. The second-order valence-electron chi connectivity index (χ2n) is 24.6. The van der Waals surface area contributed by atoms with Crippen LogP contribution in [0.4, 0.5) is 0 Å². The van der Waals surface area contributed by atoms with Crippen LogP contribution in [0.2, 0.25) is 0 Å². The molecule has 1 fully saturated rings. The van der Waals surface area contributed by atoms with Crippen LogP contribution in [-0.2, 0) is 23.8 Å². The number of ether oxygens (including phenoxy) is 3. The van der Waals surface area contributed by atoms with Crippen LogP contribution in [-0.4, -0.2) is 100 Å². The van der Waals surface area contributed by atoms with Crippen LogP contribution in [0.1, 0.15) is 335 Å². The van der Waals surface area contributed by atoms with Crippen LogP contribution in [0.15, 0.2) is 48.6 Å². The summed E-state index contributed by atoms with van der Waals surface area (Å²) in [4.78, 5) is 25.1. The quantitative estimate of drug-likeness (QED) is 0.0195. The lowest BCUT2D eigenvalue weighted by atomic mass is 9.99. The number of aliphatic hydroxyl groups excluding tert-OH is 5. The van der Waals surface area contributed by atoms with Crippen molar-refractivity contribution in [2.24, 2.45) is 0 Å². The van der Waals surface area contributed by atoms with Gasteiger partial charge in [0.15, 0.2) is 6.29 Å². The van der Waals surface area contributed by atoms with Crippen molar-refractivity contribution >= 4 is 11.9 Å². The minimum atomic E-state index is -1.57. The molecule has 11 heteroatoms. The third-order valence-electron chi connectivity index (χ3n) is 16.7. The number of unbranched alkanes of at least 4 members (excludes halogenated alkanes) is 42. The third kappa shape index (κ3) is 50.3. The minimum absolute atomic E-state index is 0.00334. The van der Waals surface area contributed by atoms with Crippen LogP contribution < -0.4 is 5.32 Å². The highest BCUT2D eigenvalue weighted by atomic mass is 16.7. The molecule has 1 aliphatic heterocycles. The number of nitrogens with one attached hydrogen (secondary N) is 1. The lowest BCUT2D eigenvalue weighted by Crippen LogP contribution is -2.60. The number of carbonyl (C=O) groups excluding carboxylic acids is 2. The maximum atomic E-state index is 13.0. The van der Waals surface area contributed by atoms with E-state index in [1.165, 1.54) is 244 Å². The van der Waals surface area contributed by atoms with E-state index in [4.69, 9.17) is 14.2 Å². The van der Waals surface area contributed by atoms with E-state index in [1.54, 1.807) is 6.08 Å². The lowest BCUT2D eigenvalue weighted by Gasteiger charge is -2.40. The monoisotopic (exact) mass is 1170 g/mol. The number of aliphatic hydroxyl groups is 5. The summed E-state index contributed by atoms with van der Waals surface area (Å²) < 4.78 is 16.7. The van der Waals surface area contributed by atoms with Crippen LogP contribution in [0.25, 0.3) is 0 Å². The summed E-state index contributed by atoms with van der Waals surface area (Å²) in [7, 11) is 0. The zero-order chi connectivity index (χ0) is 60.2. The first-order valence-corrected chi connectivity index (χ1v) is 35.4. The summed E-state index contributed by atoms with van der Waals surface area (Å²) in [6.07, 6.45) is 69.7. The number of hydrogen-bond acceptors (Lipinski definition) is 10. The molecule has 1 saturated heterocycles. The Labute approximate surface area is 510 Å². The summed E-state index contributed by atoms with van der Waals surface area (Å²) in [5, 5.41) is 54.4. The largest absolute Gasteiger partial charge is 0.466 e. The Morgan fingerprint density at radius 3 is 1.25 bits per heavy atom. The summed E-state index contributed by atoms with van der Waals surface area (Å²) >= 11 is 0. The molecule has 0 aliphatic carbocycles. The number of amides is 1. The minimum Gasteiger partial charge on any atom is -0.466 e. The van der Waals surface area contributed by atoms with Gasteiger partial charge in [-0.05, 0) is 89.9 Å². The number of allylic oxidation sites excluding steroid dienone is 7. The zero-order valence-electron chi connectivity index (χ0n) is 53.9. The molecule has 1 aliphatic rings. The van der Waals surface area contributed by atoms with Crippen molar-refractivity contribution in [3.63, 3.8) is 0 Å². The fourth-order valence-corrected chi connectivity index (χ4v) is 11.0. The molecule has 6 N–H and O–H groups in total. The Hall–Kier alpha value is -2.38. The number of hydrogen-bond donors (Lipinski definition) is 6. The molecule has 0 saturated carbocycles. The first-order valence-electron chi connectivity index (χ1n) is 35.4. The molecule has 0 aromatic heterocycles. The Morgan fingerprint density at radius 1 is 0.446 bits per heavy atom. The highest BCUT2D eigenvalue weighted by Crippen LogP contribution is 2.23. The normalized spacial score (nSPS) is 18.4. The predicted octanol–water partition coefficient (Wildman–Crippen LogP) is 18.0. The molecule has 0 aromatic carbocycles. The fraction of sp³-hybridized carbons (Fsp3) is 0.861. The van der Waals surface area contributed by atoms with E-state index < -0.39 is 49.5 Å². The average molecular weight is 1170 g/mol. The van der Waals surface area contributed by atoms with Gasteiger partial charge in [0.05, 0.1) is 32.0 Å². The molecule has 7 atom stereocenters. The van der Waals surface area contributed by atoms with Gasteiger partial charge in [0.1, 0.15) is 24.4 Å². The molecule has 83 heavy (non-hydrogen) atoms. The average Bonchev–Trinajstić information content (AvgIpc) is 3.69. The number of esters is 1. The third-order valence-corrected chi connectivity index (χ3v) is 16.7. The molecule has 0 spiro atoms. The van der Waals surface area contributed by atoms with Crippen molar-refractivity contribution in [3.05, 3.63) is 48.6 Å². The van der Waals surface area contributed by atoms with E-state index in [1.807, 2.05) is 6.08 Å². The highest BCUT2D eigenvalue weighted by Gasteiger charge is 2.44. The van der Waals surface area contributed by atoms with Gasteiger partial charge in [0, 0.05) is 12.8 Å². The zero-order valence-corrected chi connectivity index (χ0v) is 53.9. The van der Waals surface area contributed by atoms with Gasteiger partial charge in [-0.3, -0.25) is 9.59 Å². The Kier molecular flexibility index (Phi) is 58.0. The molecule has 1 heterocycles. The van der Waals surface area contributed by atoms with Gasteiger partial charge in [-0.25, -0.2) is 0 Å². The topological polar surface area (TPSA) is 175 Å². The van der Waals surface area contributed by atoms with Gasteiger partial charge in [-0.2, -0.15) is 0 Å². The number of carbonyl (C=O) groups is 2. The smallest absolute Gasteiger partial charge is 0.305 e. The summed E-state index contributed by atoms with van der Waals surface area (Å²) in [6, 6.07) is -0.808. The second kappa shape index (κ2) is 61.3. The first-order chi connectivity index (χ1) is 40.7. The van der Waals surface area contributed by atoms with Gasteiger partial charge < -0.3 is 45.1 Å². The van der Waals surface area contributed by atoms with Crippen molar-refractivity contribution in [2.45, 2.75) is 378 Å². The van der Waals surface area contributed by atoms with E-state index in [0.717, 1.165) is 64.2 Å². The first kappa shape index (κ1) is 78.6. The molecular weight excluding hydrogens is 1040 g/mol. The van der Waals surface area contributed by atoms with Gasteiger partial charge in [0.2, 0.25) is 5.91 Å². The molecular formula is C72H133NO10. The Balaban J connectivity index is 1.94. The van der Waals surface area contributed by atoms with Crippen molar-refractivity contribution in [2.75, 3.05) is 19.8 Å². The van der Waals surface area contributed by atoms with Gasteiger partial charge in [0.25, 0.3) is 0 Å². The molecule has 486 valence electrons. The van der Waals surface area contributed by atoms with Crippen LogP contribution >= 0.6 is 0 Å². The maximum Gasteiger partial charge on any atom is 0.305 e. The molecule has 0 aromatic rings.